The van der Waals surface area contributed by atoms with Crippen LogP contribution in [0.1, 0.15) is 32.4 Å². The molecule has 0 spiro atoms. The molecule has 0 saturated heterocycles. The first kappa shape index (κ1) is 24.5. The molecule has 0 fully saturated rings. The molecule has 0 aliphatic heterocycles. The molecule has 7 nitrogen and oxygen atoms in total. The number of ketones is 1. The highest BCUT2D eigenvalue weighted by Gasteiger charge is 2.45. The minimum Gasteiger partial charge on any atom is -0.508 e. The summed E-state index contributed by atoms with van der Waals surface area (Å²) < 4.78 is 76.8. The second-order valence-corrected chi connectivity index (χ2v) is 8.39. The van der Waals surface area contributed by atoms with E-state index in [-0.39, 0.29) is 10.6 Å². The number of rotatable bonds is 9. The van der Waals surface area contributed by atoms with Crippen molar-refractivity contribution in [3.63, 3.8) is 0 Å². The number of halogens is 3. The van der Waals surface area contributed by atoms with E-state index in [1.165, 1.54) is 38.1 Å². The summed E-state index contributed by atoms with van der Waals surface area (Å²) in [6.45, 7) is 5.02. The quantitative estimate of drug-likeness (QED) is 0.543. The van der Waals surface area contributed by atoms with Gasteiger partial charge in [0.15, 0.2) is 6.10 Å². The molecule has 0 saturated carbocycles. The van der Waals surface area contributed by atoms with Gasteiger partial charge in [-0.25, -0.2) is 8.42 Å². The number of benzene rings is 2. The summed E-state index contributed by atoms with van der Waals surface area (Å²) in [5, 5.41) is 10.0. The molecular formula is C20H22F3NO6S. The van der Waals surface area contributed by atoms with Gasteiger partial charge in [-0.2, -0.15) is 13.2 Å². The van der Waals surface area contributed by atoms with E-state index >= 15 is 0 Å². The fraction of sp³-hybridized carbons (Fsp3) is 0.350. The van der Waals surface area contributed by atoms with Crippen LogP contribution in [0.5, 0.6) is 11.5 Å². The molecule has 0 bridgehead atoms. The second kappa shape index (κ2) is 9.56. The van der Waals surface area contributed by atoms with E-state index in [1.807, 2.05) is 0 Å². The summed E-state index contributed by atoms with van der Waals surface area (Å²) in [5.74, 6) is -2.40. The summed E-state index contributed by atoms with van der Waals surface area (Å²) in [5.41, 5.74) is -0.670. The molecule has 170 valence electrons. The number of carbonyl (C=O) groups is 1. The van der Waals surface area contributed by atoms with Crippen LogP contribution in [0.3, 0.4) is 0 Å². The maximum absolute atomic E-state index is 13.0. The van der Waals surface area contributed by atoms with Gasteiger partial charge in [-0.3, -0.25) is 9.52 Å². The van der Waals surface area contributed by atoms with E-state index in [9.17, 15) is 31.5 Å². The fourth-order valence-corrected chi connectivity index (χ4v) is 3.67. The first-order chi connectivity index (χ1) is 14.3. The van der Waals surface area contributed by atoms with Crippen LogP contribution in [0, 0.1) is 0 Å². The van der Waals surface area contributed by atoms with Crippen LogP contribution in [0.4, 0.5) is 18.9 Å². The van der Waals surface area contributed by atoms with E-state index in [2.05, 4.69) is 4.72 Å². The van der Waals surface area contributed by atoms with Crippen LogP contribution in [-0.2, 0) is 19.6 Å². The van der Waals surface area contributed by atoms with Gasteiger partial charge in [0.05, 0.1) is 17.6 Å². The molecule has 0 unspecified atom stereocenters. The van der Waals surface area contributed by atoms with Crippen LogP contribution in [0.2, 0.25) is 0 Å². The number of phenols is 1. The normalized spacial score (nSPS) is 13.1. The van der Waals surface area contributed by atoms with Crippen LogP contribution in [-0.4, -0.2) is 38.2 Å². The van der Waals surface area contributed by atoms with Crippen molar-refractivity contribution in [3.8, 4) is 11.5 Å². The highest BCUT2D eigenvalue weighted by atomic mass is 32.2. The lowest BCUT2D eigenvalue weighted by Crippen LogP contribution is -2.32. The first-order valence-electron chi connectivity index (χ1n) is 9.20. The molecule has 11 heteroatoms. The van der Waals surface area contributed by atoms with Gasteiger partial charge >= 0.3 is 6.18 Å². The van der Waals surface area contributed by atoms with E-state index in [0.717, 1.165) is 18.2 Å². The first-order valence-corrected chi connectivity index (χ1v) is 10.7. The maximum atomic E-state index is 13.0. The molecule has 31 heavy (non-hydrogen) atoms. The Morgan fingerprint density at radius 1 is 1.13 bits per heavy atom. The number of nitrogens with one attached hydrogen (secondary N) is 1. The fourth-order valence-electron chi connectivity index (χ4n) is 2.62. The minimum atomic E-state index is -5.22. The highest BCUT2D eigenvalue weighted by Crippen LogP contribution is 2.36. The lowest BCUT2D eigenvalue weighted by molar-refractivity contribution is -0.185. The molecule has 2 aromatic rings. The zero-order chi connectivity index (χ0) is 23.4. The third-order valence-corrected chi connectivity index (χ3v) is 5.33. The minimum absolute atomic E-state index is 0.119. The van der Waals surface area contributed by atoms with Crippen LogP contribution >= 0.6 is 0 Å². The van der Waals surface area contributed by atoms with Gasteiger partial charge in [0.1, 0.15) is 11.5 Å². The average molecular weight is 461 g/mol. The van der Waals surface area contributed by atoms with Crippen LogP contribution in [0.25, 0.3) is 0 Å². The number of anilines is 1. The number of phenolic OH excluding ortho intramolecular Hbond substituents is 1. The molecule has 2 N–H and O–H groups in total. The van der Waals surface area contributed by atoms with Crippen molar-refractivity contribution in [2.24, 2.45) is 0 Å². The number of aromatic hydroxyl groups is 1. The Morgan fingerprint density at radius 3 is 2.26 bits per heavy atom. The van der Waals surface area contributed by atoms with Crippen molar-refractivity contribution in [1.82, 2.24) is 0 Å². The molecule has 1 atom stereocenters. The molecule has 0 aliphatic carbocycles. The Morgan fingerprint density at radius 2 is 1.74 bits per heavy atom. The second-order valence-electron chi connectivity index (χ2n) is 6.71. The van der Waals surface area contributed by atoms with Gasteiger partial charge in [0.25, 0.3) is 15.8 Å². The molecule has 0 aliphatic rings. The lowest BCUT2D eigenvalue weighted by Gasteiger charge is -2.22. The van der Waals surface area contributed by atoms with E-state index in [0.29, 0.717) is 12.4 Å². The SMILES string of the molecule is CCOc1ccc(S(=O)(=O)Nc2ccc(O)c([C@@H](OC(C)C)C(=O)C(F)(F)F)c2)cc1. The Balaban J connectivity index is 2.39. The van der Waals surface area contributed by atoms with Crippen LogP contribution in [0.15, 0.2) is 47.4 Å². The van der Waals surface area contributed by atoms with Crippen molar-refractivity contribution in [3.05, 3.63) is 48.0 Å². The predicted molar refractivity (Wildman–Crippen MR) is 107 cm³/mol. The van der Waals surface area contributed by atoms with Gasteiger partial charge in [0.2, 0.25) is 0 Å². The van der Waals surface area contributed by atoms with Crippen molar-refractivity contribution in [2.75, 3.05) is 11.3 Å². The Hall–Kier alpha value is -2.79. The van der Waals surface area contributed by atoms with Gasteiger partial charge in [-0.05, 0) is 63.2 Å². The number of hydrogen-bond acceptors (Lipinski definition) is 6. The topological polar surface area (TPSA) is 102 Å². The molecule has 2 aromatic carbocycles. The van der Waals surface area contributed by atoms with Crippen molar-refractivity contribution < 1.29 is 41.0 Å². The molecule has 0 radical (unpaired) electrons. The zero-order valence-electron chi connectivity index (χ0n) is 16.9. The number of hydrogen-bond donors (Lipinski definition) is 2. The third-order valence-electron chi connectivity index (χ3n) is 3.93. The van der Waals surface area contributed by atoms with Crippen molar-refractivity contribution in [1.29, 1.82) is 0 Å². The molecule has 0 aromatic heterocycles. The monoisotopic (exact) mass is 461 g/mol. The number of Topliss-reactive ketones (excluding diaryl/α,β-unsaturated/α-hetero) is 1. The number of ether oxygens (including phenoxy) is 2. The third kappa shape index (κ3) is 6.34. The summed E-state index contributed by atoms with van der Waals surface area (Å²) in [7, 11) is -4.11. The number of carbonyl (C=O) groups excluding carboxylic acids is 1. The predicted octanol–water partition coefficient (Wildman–Crippen LogP) is 4.19. The Bertz CT molecular complexity index is 1020. The highest BCUT2D eigenvalue weighted by molar-refractivity contribution is 7.92. The maximum Gasteiger partial charge on any atom is 0.453 e. The molecule has 2 rings (SSSR count). The Labute approximate surface area is 177 Å². The molecule has 0 amide bonds. The largest absolute Gasteiger partial charge is 0.508 e. The van der Waals surface area contributed by atoms with E-state index in [4.69, 9.17) is 9.47 Å². The van der Waals surface area contributed by atoms with Gasteiger partial charge in [-0.15, -0.1) is 0 Å². The van der Waals surface area contributed by atoms with E-state index in [1.54, 1.807) is 6.92 Å². The standard InChI is InChI=1S/C20H22F3NO6S/c1-4-29-14-6-8-15(9-7-14)31(27,28)24-13-5-10-17(25)16(11-13)18(30-12(2)3)19(26)20(21,22)23/h5-12,18,24-25H,4H2,1-3H3/t18-/m1/s1. The smallest absolute Gasteiger partial charge is 0.453 e. The molecular weight excluding hydrogens is 439 g/mol. The molecule has 0 heterocycles. The summed E-state index contributed by atoms with van der Waals surface area (Å²) >= 11 is 0. The van der Waals surface area contributed by atoms with Crippen molar-refractivity contribution >= 4 is 21.5 Å². The summed E-state index contributed by atoms with van der Waals surface area (Å²) in [6.07, 6.45) is -8.15. The number of sulfonamides is 1. The van der Waals surface area contributed by atoms with Crippen molar-refractivity contribution in [2.45, 2.75) is 44.1 Å². The summed E-state index contributed by atoms with van der Waals surface area (Å²) in [4.78, 5) is 11.7. The lowest BCUT2D eigenvalue weighted by atomic mass is 10.0. The van der Waals surface area contributed by atoms with Gasteiger partial charge in [0, 0.05) is 11.3 Å². The number of alkyl halides is 3. The van der Waals surface area contributed by atoms with Crippen LogP contribution < -0.4 is 9.46 Å². The van der Waals surface area contributed by atoms with Gasteiger partial charge in [-0.1, -0.05) is 0 Å². The Kier molecular flexibility index (Phi) is 7.55. The van der Waals surface area contributed by atoms with Gasteiger partial charge < -0.3 is 14.6 Å². The summed E-state index contributed by atoms with van der Waals surface area (Å²) in [6, 6.07) is 8.56. The van der Waals surface area contributed by atoms with E-state index < -0.39 is 45.5 Å². The zero-order valence-corrected chi connectivity index (χ0v) is 17.8. The average Bonchev–Trinajstić information content (AvgIpc) is 2.67.